The summed E-state index contributed by atoms with van der Waals surface area (Å²) in [5.41, 5.74) is -0.0839. The zero-order valence-corrected chi connectivity index (χ0v) is 13.8. The first-order chi connectivity index (χ1) is 9.24. The summed E-state index contributed by atoms with van der Waals surface area (Å²) in [7, 11) is 1.70. The van der Waals surface area contributed by atoms with Crippen LogP contribution in [-0.4, -0.2) is 47.8 Å². The van der Waals surface area contributed by atoms with E-state index >= 15 is 0 Å². The van der Waals surface area contributed by atoms with Crippen LogP contribution in [-0.2, 0) is 16.1 Å². The predicted octanol–water partition coefficient (Wildman–Crippen LogP) is 1.00. The maximum Gasteiger partial charge on any atom is 0.221 e. The van der Waals surface area contributed by atoms with Crippen LogP contribution in [0.2, 0.25) is 0 Å². The summed E-state index contributed by atoms with van der Waals surface area (Å²) in [4.78, 5) is 15.8. The van der Waals surface area contributed by atoms with Gasteiger partial charge in [0.05, 0.1) is 18.5 Å². The van der Waals surface area contributed by atoms with E-state index in [0.717, 1.165) is 19.4 Å². The Morgan fingerprint density at radius 1 is 1.52 bits per heavy atom. The quantitative estimate of drug-likeness (QED) is 0.778. The number of ether oxygens (including phenoxy) is 1. The van der Waals surface area contributed by atoms with Crippen molar-refractivity contribution < 1.29 is 9.53 Å². The maximum absolute atomic E-state index is 11.8. The van der Waals surface area contributed by atoms with Crippen LogP contribution in [0, 0.1) is 0 Å². The molecule has 1 aromatic rings. The molecule has 122 valence electrons. The van der Waals surface area contributed by atoms with Crippen molar-refractivity contribution in [2.24, 2.45) is 0 Å². The van der Waals surface area contributed by atoms with Gasteiger partial charge in [-0.1, -0.05) is 0 Å². The molecule has 1 atom stereocenters. The summed E-state index contributed by atoms with van der Waals surface area (Å²) in [6.07, 6.45) is 7.95. The lowest BCUT2D eigenvalue weighted by atomic mass is 9.98. The van der Waals surface area contributed by atoms with Crippen LogP contribution in [0.25, 0.3) is 0 Å². The van der Waals surface area contributed by atoms with Crippen molar-refractivity contribution in [3.8, 4) is 0 Å². The fraction of sp³-hybridized carbons (Fsp3) is 0.692. The first-order valence-corrected chi connectivity index (χ1v) is 6.70. The molecule has 6 nitrogen and oxygen atoms in total. The fourth-order valence-corrected chi connectivity index (χ4v) is 2.48. The molecule has 0 bridgehead atoms. The second-order valence-electron chi connectivity index (χ2n) is 5.07. The second kappa shape index (κ2) is 10.00. The lowest BCUT2D eigenvalue weighted by Gasteiger charge is -2.29. The Morgan fingerprint density at radius 3 is 2.90 bits per heavy atom. The number of methoxy groups -OCH3 is 1. The van der Waals surface area contributed by atoms with E-state index in [9.17, 15) is 4.79 Å². The van der Waals surface area contributed by atoms with Gasteiger partial charge in [-0.2, -0.15) is 0 Å². The molecule has 0 aromatic carbocycles. The Bertz CT molecular complexity index is 395. The molecular weight excluding hydrogens is 315 g/mol. The number of rotatable bonds is 7. The van der Waals surface area contributed by atoms with Crippen LogP contribution in [0.15, 0.2) is 18.7 Å². The van der Waals surface area contributed by atoms with Gasteiger partial charge in [-0.15, -0.1) is 24.8 Å². The number of nitrogens with zero attached hydrogens (tertiary/aromatic N) is 2. The Balaban J connectivity index is 0.00000200. The summed E-state index contributed by atoms with van der Waals surface area (Å²) in [5, 5.41) is 6.44. The van der Waals surface area contributed by atoms with Crippen molar-refractivity contribution in [1.82, 2.24) is 20.2 Å². The molecule has 0 saturated carbocycles. The summed E-state index contributed by atoms with van der Waals surface area (Å²) >= 11 is 0. The molecule has 0 spiro atoms. The molecule has 1 saturated heterocycles. The van der Waals surface area contributed by atoms with Gasteiger partial charge in [-0.25, -0.2) is 4.98 Å². The number of aromatic nitrogens is 2. The lowest BCUT2D eigenvalue weighted by molar-refractivity contribution is -0.121. The highest BCUT2D eigenvalue weighted by Crippen LogP contribution is 2.18. The van der Waals surface area contributed by atoms with Crippen LogP contribution in [0.3, 0.4) is 0 Å². The van der Waals surface area contributed by atoms with Crippen molar-refractivity contribution in [3.05, 3.63) is 18.7 Å². The average molecular weight is 339 g/mol. The molecular formula is C13H24Cl2N4O2. The summed E-state index contributed by atoms with van der Waals surface area (Å²) in [6.45, 7) is 2.92. The zero-order chi connectivity index (χ0) is 13.6. The number of imidazole rings is 1. The number of hydrogen-bond acceptors (Lipinski definition) is 4. The molecule has 1 amide bonds. The molecule has 2 rings (SSSR count). The molecule has 2 N–H and O–H groups in total. The number of hydrogen-bond donors (Lipinski definition) is 2. The first-order valence-electron chi connectivity index (χ1n) is 6.70. The smallest absolute Gasteiger partial charge is 0.221 e. The topological polar surface area (TPSA) is 68.2 Å². The van der Waals surface area contributed by atoms with Crippen LogP contribution in [0.1, 0.15) is 19.3 Å². The van der Waals surface area contributed by atoms with Gasteiger partial charge in [0.2, 0.25) is 5.91 Å². The number of nitrogens with one attached hydrogen (secondary N) is 2. The van der Waals surface area contributed by atoms with E-state index < -0.39 is 0 Å². The van der Waals surface area contributed by atoms with Crippen LogP contribution in [0.4, 0.5) is 0 Å². The molecule has 1 aliphatic heterocycles. The van der Waals surface area contributed by atoms with E-state index in [2.05, 4.69) is 15.6 Å². The lowest BCUT2D eigenvalue weighted by Crippen LogP contribution is -2.53. The summed E-state index contributed by atoms with van der Waals surface area (Å²) in [6, 6.07) is 0. The number of carbonyl (C=O) groups is 1. The highest BCUT2D eigenvalue weighted by atomic mass is 35.5. The van der Waals surface area contributed by atoms with E-state index in [4.69, 9.17) is 4.74 Å². The molecule has 1 aliphatic rings. The molecule has 21 heavy (non-hydrogen) atoms. The van der Waals surface area contributed by atoms with E-state index in [1.54, 1.807) is 19.6 Å². The molecule has 0 aliphatic carbocycles. The second-order valence-corrected chi connectivity index (χ2v) is 5.07. The number of carbonyl (C=O) groups excluding carboxylic acids is 1. The van der Waals surface area contributed by atoms with E-state index in [0.29, 0.717) is 26.1 Å². The van der Waals surface area contributed by atoms with Gasteiger partial charge in [0.15, 0.2) is 0 Å². The van der Waals surface area contributed by atoms with Crippen molar-refractivity contribution in [3.63, 3.8) is 0 Å². The highest BCUT2D eigenvalue weighted by Gasteiger charge is 2.33. The molecule has 0 radical (unpaired) electrons. The Labute approximate surface area is 137 Å². The van der Waals surface area contributed by atoms with Gasteiger partial charge in [-0.05, 0) is 19.4 Å². The van der Waals surface area contributed by atoms with Crippen molar-refractivity contribution in [1.29, 1.82) is 0 Å². The van der Waals surface area contributed by atoms with Crippen LogP contribution < -0.4 is 10.6 Å². The molecule has 8 heteroatoms. The standard InChI is InChI=1S/C13H22N4O2.2ClH/c1-19-10-13(4-2-5-16-13)9-15-12(18)3-7-17-8-6-14-11-17;;/h6,8,11,16H,2-5,7,9-10H2,1H3,(H,15,18);2*1H. The average Bonchev–Trinajstić information content (AvgIpc) is 3.06. The minimum Gasteiger partial charge on any atom is -0.383 e. The maximum atomic E-state index is 11.8. The minimum atomic E-state index is -0.0839. The fourth-order valence-electron chi connectivity index (χ4n) is 2.48. The largest absolute Gasteiger partial charge is 0.383 e. The molecule has 1 fully saturated rings. The monoisotopic (exact) mass is 338 g/mol. The Hall–Kier alpha value is -0.820. The van der Waals surface area contributed by atoms with Crippen molar-refractivity contribution in [2.45, 2.75) is 31.3 Å². The van der Waals surface area contributed by atoms with E-state index in [1.165, 1.54) is 0 Å². The number of aryl methyl sites for hydroxylation is 1. The molecule has 1 aromatic heterocycles. The first kappa shape index (κ1) is 20.2. The van der Waals surface area contributed by atoms with Crippen LogP contribution in [0.5, 0.6) is 0 Å². The third kappa shape index (κ3) is 6.22. The third-order valence-electron chi connectivity index (χ3n) is 3.53. The van der Waals surface area contributed by atoms with Gasteiger partial charge in [0.1, 0.15) is 0 Å². The number of halogens is 2. The third-order valence-corrected chi connectivity index (χ3v) is 3.53. The number of amides is 1. The molecule has 1 unspecified atom stereocenters. The van der Waals surface area contributed by atoms with Gasteiger partial charge < -0.3 is 19.9 Å². The van der Waals surface area contributed by atoms with Gasteiger partial charge in [0, 0.05) is 39.0 Å². The Kier molecular flexibility index (Phi) is 9.61. The summed E-state index contributed by atoms with van der Waals surface area (Å²) in [5.74, 6) is 0.0675. The van der Waals surface area contributed by atoms with Gasteiger partial charge in [0.25, 0.3) is 0 Å². The van der Waals surface area contributed by atoms with E-state index in [1.807, 2.05) is 10.8 Å². The normalized spacial score (nSPS) is 20.4. The molecule has 2 heterocycles. The SMILES string of the molecule is COCC1(CNC(=O)CCn2ccnc2)CCCN1.Cl.Cl. The Morgan fingerprint density at radius 2 is 2.33 bits per heavy atom. The van der Waals surface area contributed by atoms with Crippen LogP contribution >= 0.6 is 24.8 Å². The van der Waals surface area contributed by atoms with Gasteiger partial charge >= 0.3 is 0 Å². The van der Waals surface area contributed by atoms with E-state index in [-0.39, 0.29) is 36.3 Å². The van der Waals surface area contributed by atoms with Crippen molar-refractivity contribution in [2.75, 3.05) is 26.8 Å². The highest BCUT2D eigenvalue weighted by molar-refractivity contribution is 5.85. The zero-order valence-electron chi connectivity index (χ0n) is 12.2. The minimum absolute atomic E-state index is 0. The van der Waals surface area contributed by atoms with Gasteiger partial charge in [-0.3, -0.25) is 4.79 Å². The predicted molar refractivity (Wildman–Crippen MR) is 86.2 cm³/mol. The summed E-state index contributed by atoms with van der Waals surface area (Å²) < 4.78 is 7.16. The van der Waals surface area contributed by atoms with Crippen molar-refractivity contribution >= 4 is 30.7 Å².